The largest absolute Gasteiger partial charge is 0.378 e. The maximum absolute atomic E-state index is 9.16. The van der Waals surface area contributed by atoms with E-state index in [1.165, 1.54) is 17.8 Å². The second-order valence-electron chi connectivity index (χ2n) is 2.06. The highest BCUT2D eigenvalue weighted by Gasteiger charge is 1.98. The van der Waals surface area contributed by atoms with Crippen LogP contribution in [-0.2, 0) is 0 Å². The summed E-state index contributed by atoms with van der Waals surface area (Å²) in [4.78, 5) is 1.06. The Hall–Kier alpha value is -0.730. The second-order valence-corrected chi connectivity index (χ2v) is 3.25. The fraction of sp³-hybridized carbons (Fsp3) is 0.111. The van der Waals surface area contributed by atoms with Crippen molar-refractivity contribution in [2.75, 3.05) is 0 Å². The number of rotatable bonds is 3. The fourth-order valence-electron chi connectivity index (χ4n) is 0.687. The van der Waals surface area contributed by atoms with E-state index in [0.29, 0.717) is 0 Å². The summed E-state index contributed by atoms with van der Waals surface area (Å²) in [5.74, 6) is 0. The van der Waals surface area contributed by atoms with Crippen LogP contribution in [0.25, 0.3) is 0 Å². The summed E-state index contributed by atoms with van der Waals surface area (Å²) in [7, 11) is 0. The topological polar surface area (TPSA) is 20.2 Å². The first-order valence-electron chi connectivity index (χ1n) is 3.35. The first-order valence-corrected chi connectivity index (χ1v) is 4.23. The summed E-state index contributed by atoms with van der Waals surface area (Å²) in [6, 6.07) is 9.75. The molecule has 1 N–H and O–H groups in total. The molecule has 0 saturated heterocycles. The lowest BCUT2D eigenvalue weighted by atomic mass is 10.4. The number of thioether (sulfide) groups is 1. The molecule has 0 aliphatic rings. The van der Waals surface area contributed by atoms with Gasteiger partial charge < -0.3 is 5.11 Å². The number of aliphatic hydroxyl groups excluding tert-OH is 1. The van der Waals surface area contributed by atoms with Crippen LogP contribution < -0.4 is 0 Å². The van der Waals surface area contributed by atoms with Crippen molar-refractivity contribution in [3.05, 3.63) is 43.0 Å². The van der Waals surface area contributed by atoms with Crippen LogP contribution in [0.15, 0.2) is 47.9 Å². The molecule has 1 aromatic rings. The van der Waals surface area contributed by atoms with E-state index in [1.54, 1.807) is 0 Å². The predicted octanol–water partition coefficient (Wildman–Crippen LogP) is 2.28. The van der Waals surface area contributed by atoms with Crippen LogP contribution in [0.2, 0.25) is 0 Å². The van der Waals surface area contributed by atoms with Gasteiger partial charge >= 0.3 is 0 Å². The average molecular weight is 166 g/mol. The highest BCUT2D eigenvalue weighted by Crippen LogP contribution is 2.21. The molecule has 1 atom stereocenters. The molecule has 1 nitrogen and oxygen atoms in total. The zero-order chi connectivity index (χ0) is 8.10. The lowest BCUT2D eigenvalue weighted by Crippen LogP contribution is -1.92. The molecule has 0 saturated carbocycles. The van der Waals surface area contributed by atoms with Gasteiger partial charge in [0.1, 0.15) is 5.44 Å². The van der Waals surface area contributed by atoms with Gasteiger partial charge in [0.05, 0.1) is 0 Å². The lowest BCUT2D eigenvalue weighted by molar-refractivity contribution is 0.310. The molecule has 0 radical (unpaired) electrons. The number of aliphatic hydroxyl groups is 1. The molecule has 0 aliphatic heterocycles. The van der Waals surface area contributed by atoms with Gasteiger partial charge in [-0.1, -0.05) is 42.6 Å². The molecule has 0 amide bonds. The van der Waals surface area contributed by atoms with Crippen molar-refractivity contribution in [1.82, 2.24) is 0 Å². The van der Waals surface area contributed by atoms with Crippen molar-refractivity contribution in [3.63, 3.8) is 0 Å². The van der Waals surface area contributed by atoms with Gasteiger partial charge in [0, 0.05) is 4.90 Å². The minimum absolute atomic E-state index is 0.502. The van der Waals surface area contributed by atoms with E-state index in [1.807, 2.05) is 30.3 Å². The predicted molar refractivity (Wildman–Crippen MR) is 48.5 cm³/mol. The zero-order valence-corrected chi connectivity index (χ0v) is 6.92. The van der Waals surface area contributed by atoms with Crippen molar-refractivity contribution in [3.8, 4) is 0 Å². The minimum atomic E-state index is -0.502. The second kappa shape index (κ2) is 4.21. The SMILES string of the molecule is C=CC(O)Sc1ccccc1. The molecule has 1 unspecified atom stereocenters. The van der Waals surface area contributed by atoms with Crippen LogP contribution >= 0.6 is 11.8 Å². The van der Waals surface area contributed by atoms with E-state index in [4.69, 9.17) is 5.11 Å². The monoisotopic (exact) mass is 166 g/mol. The maximum Gasteiger partial charge on any atom is 0.122 e. The number of hydrogen-bond acceptors (Lipinski definition) is 2. The van der Waals surface area contributed by atoms with Gasteiger partial charge in [0.25, 0.3) is 0 Å². The molecular formula is C9H10OS. The van der Waals surface area contributed by atoms with Crippen molar-refractivity contribution < 1.29 is 5.11 Å². The molecule has 1 aromatic carbocycles. The smallest absolute Gasteiger partial charge is 0.122 e. The summed E-state index contributed by atoms with van der Waals surface area (Å²) in [6.45, 7) is 3.49. The fourth-order valence-corrected chi connectivity index (χ4v) is 1.38. The van der Waals surface area contributed by atoms with Crippen LogP contribution in [0.5, 0.6) is 0 Å². The van der Waals surface area contributed by atoms with Crippen LogP contribution in [0, 0.1) is 0 Å². The van der Waals surface area contributed by atoms with Gasteiger partial charge in [-0.2, -0.15) is 0 Å². The molecule has 0 aromatic heterocycles. The molecule has 0 fully saturated rings. The van der Waals surface area contributed by atoms with Crippen LogP contribution in [0.1, 0.15) is 0 Å². The third kappa shape index (κ3) is 2.78. The summed E-state index contributed by atoms with van der Waals surface area (Å²) in [5.41, 5.74) is -0.502. The Balaban J connectivity index is 2.57. The molecule has 1 rings (SSSR count). The lowest BCUT2D eigenvalue weighted by Gasteiger charge is -2.02. The van der Waals surface area contributed by atoms with E-state index >= 15 is 0 Å². The quantitative estimate of drug-likeness (QED) is 0.422. The Labute approximate surface area is 70.8 Å². The Morgan fingerprint density at radius 1 is 1.36 bits per heavy atom. The summed E-state index contributed by atoms with van der Waals surface area (Å²) in [5, 5.41) is 9.16. The van der Waals surface area contributed by atoms with Crippen molar-refractivity contribution in [2.45, 2.75) is 10.3 Å². The van der Waals surface area contributed by atoms with Gasteiger partial charge in [-0.15, -0.1) is 0 Å². The van der Waals surface area contributed by atoms with Gasteiger partial charge in [-0.05, 0) is 12.1 Å². The van der Waals surface area contributed by atoms with Crippen LogP contribution in [-0.4, -0.2) is 10.5 Å². The third-order valence-electron chi connectivity index (χ3n) is 1.20. The van der Waals surface area contributed by atoms with Gasteiger partial charge in [-0.3, -0.25) is 0 Å². The molecule has 0 heterocycles. The highest BCUT2D eigenvalue weighted by molar-refractivity contribution is 7.99. The van der Waals surface area contributed by atoms with Crippen molar-refractivity contribution in [1.29, 1.82) is 0 Å². The van der Waals surface area contributed by atoms with Crippen LogP contribution in [0.4, 0.5) is 0 Å². The summed E-state index contributed by atoms with van der Waals surface area (Å²) in [6.07, 6.45) is 1.51. The van der Waals surface area contributed by atoms with E-state index in [0.717, 1.165) is 4.90 Å². The van der Waals surface area contributed by atoms with E-state index in [-0.39, 0.29) is 0 Å². The minimum Gasteiger partial charge on any atom is -0.378 e. The molecule has 0 bridgehead atoms. The highest BCUT2D eigenvalue weighted by atomic mass is 32.2. The molecule has 0 aliphatic carbocycles. The Morgan fingerprint density at radius 3 is 2.55 bits per heavy atom. The normalized spacial score (nSPS) is 12.5. The molecule has 2 heteroatoms. The Kier molecular flexibility index (Phi) is 3.20. The number of benzene rings is 1. The van der Waals surface area contributed by atoms with E-state index < -0.39 is 5.44 Å². The molecule has 0 spiro atoms. The standard InChI is InChI=1S/C9H10OS/c1-2-9(10)11-8-6-4-3-5-7-8/h2-7,9-10H,1H2. The Bertz CT molecular complexity index is 220. The molecule has 58 valence electrons. The van der Waals surface area contributed by atoms with E-state index in [9.17, 15) is 0 Å². The zero-order valence-electron chi connectivity index (χ0n) is 6.10. The van der Waals surface area contributed by atoms with Crippen LogP contribution in [0.3, 0.4) is 0 Å². The molecule has 11 heavy (non-hydrogen) atoms. The molecular weight excluding hydrogens is 156 g/mol. The number of hydrogen-bond donors (Lipinski definition) is 1. The summed E-state index contributed by atoms with van der Waals surface area (Å²) >= 11 is 1.38. The van der Waals surface area contributed by atoms with Crippen molar-refractivity contribution >= 4 is 11.8 Å². The van der Waals surface area contributed by atoms with Crippen molar-refractivity contribution in [2.24, 2.45) is 0 Å². The first-order chi connectivity index (χ1) is 5.33. The maximum atomic E-state index is 9.16. The third-order valence-corrected chi connectivity index (χ3v) is 2.18. The van der Waals surface area contributed by atoms with Gasteiger partial charge in [0.15, 0.2) is 0 Å². The first kappa shape index (κ1) is 8.37. The van der Waals surface area contributed by atoms with Gasteiger partial charge in [0.2, 0.25) is 0 Å². The van der Waals surface area contributed by atoms with E-state index in [2.05, 4.69) is 6.58 Å². The Morgan fingerprint density at radius 2 is 2.00 bits per heavy atom. The average Bonchev–Trinajstić information content (AvgIpc) is 2.06. The van der Waals surface area contributed by atoms with Gasteiger partial charge in [-0.25, -0.2) is 0 Å². The summed E-state index contributed by atoms with van der Waals surface area (Å²) < 4.78 is 0.